The van der Waals surface area contributed by atoms with Crippen molar-refractivity contribution in [3.05, 3.63) is 70.9 Å². The third-order valence-electron chi connectivity index (χ3n) is 4.62. The molecule has 3 aromatic rings. The summed E-state index contributed by atoms with van der Waals surface area (Å²) in [6, 6.07) is 15.2. The normalized spacial score (nSPS) is 12.6. The number of hydrogen-bond acceptors (Lipinski definition) is 4. The van der Waals surface area contributed by atoms with Crippen LogP contribution in [-0.2, 0) is 9.84 Å². The Balaban J connectivity index is 1.79. The summed E-state index contributed by atoms with van der Waals surface area (Å²) in [6.07, 6.45) is 1.16. The second kappa shape index (κ2) is 7.77. The number of nitrogens with zero attached hydrogens (tertiary/aromatic N) is 2. The molecule has 0 saturated heterocycles. The van der Waals surface area contributed by atoms with Gasteiger partial charge in [-0.15, -0.1) is 0 Å². The number of sulfone groups is 1. The average Bonchev–Trinajstić information content (AvgIpc) is 3.16. The third-order valence-corrected chi connectivity index (χ3v) is 5.98. The number of benzene rings is 2. The molecule has 0 spiro atoms. The molecule has 0 radical (unpaired) electrons. The number of carbonyl (C=O) groups excluding carboxylic acids is 1. The van der Waals surface area contributed by atoms with Crippen molar-refractivity contribution < 1.29 is 13.2 Å². The van der Waals surface area contributed by atoms with Crippen LogP contribution in [0.25, 0.3) is 11.3 Å². The Labute approximate surface area is 169 Å². The highest BCUT2D eigenvalue weighted by molar-refractivity contribution is 7.90. The number of carbonyl (C=O) groups is 1. The molecule has 0 bridgehead atoms. The fraction of sp³-hybridized carbons (Fsp3) is 0.200. The summed E-state index contributed by atoms with van der Waals surface area (Å²) in [7, 11) is -1.56. The zero-order valence-electron chi connectivity index (χ0n) is 15.7. The summed E-state index contributed by atoms with van der Waals surface area (Å²) in [6.45, 7) is 1.88. The number of H-pyrrole nitrogens is 1. The Kier molecular flexibility index (Phi) is 5.58. The van der Waals surface area contributed by atoms with E-state index in [1.807, 2.05) is 19.1 Å². The van der Waals surface area contributed by atoms with Gasteiger partial charge in [-0.05, 0) is 42.8 Å². The van der Waals surface area contributed by atoms with Crippen molar-refractivity contribution in [2.45, 2.75) is 17.9 Å². The van der Waals surface area contributed by atoms with Crippen LogP contribution in [0.1, 0.15) is 29.0 Å². The Morgan fingerprint density at radius 3 is 2.43 bits per heavy atom. The molecule has 0 aliphatic rings. The lowest BCUT2D eigenvalue weighted by atomic mass is 10.1. The Morgan fingerprint density at radius 2 is 1.82 bits per heavy atom. The summed E-state index contributed by atoms with van der Waals surface area (Å²) in [4.78, 5) is 14.7. The largest absolute Gasteiger partial charge is 0.334 e. The number of hydrogen-bond donors (Lipinski definition) is 1. The van der Waals surface area contributed by atoms with Crippen molar-refractivity contribution in [3.8, 4) is 11.3 Å². The quantitative estimate of drug-likeness (QED) is 0.680. The van der Waals surface area contributed by atoms with Crippen LogP contribution in [0.5, 0.6) is 0 Å². The van der Waals surface area contributed by atoms with Crippen molar-refractivity contribution in [2.24, 2.45) is 0 Å². The van der Waals surface area contributed by atoms with Gasteiger partial charge in [0.15, 0.2) is 9.84 Å². The zero-order valence-corrected chi connectivity index (χ0v) is 17.3. The van der Waals surface area contributed by atoms with Gasteiger partial charge in [0.25, 0.3) is 5.91 Å². The molecule has 1 amide bonds. The van der Waals surface area contributed by atoms with Crippen molar-refractivity contribution in [2.75, 3.05) is 13.3 Å². The number of halogens is 1. The fourth-order valence-electron chi connectivity index (χ4n) is 2.81. The predicted octanol–water partition coefficient (Wildman–Crippen LogP) is 3.97. The van der Waals surface area contributed by atoms with E-state index in [1.54, 1.807) is 54.4 Å². The number of rotatable bonds is 5. The van der Waals surface area contributed by atoms with Gasteiger partial charge in [-0.2, -0.15) is 5.10 Å². The molecule has 3 rings (SSSR count). The highest BCUT2D eigenvalue weighted by Gasteiger charge is 2.21. The van der Waals surface area contributed by atoms with Crippen molar-refractivity contribution in [1.82, 2.24) is 15.1 Å². The Hall–Kier alpha value is -2.64. The van der Waals surface area contributed by atoms with Gasteiger partial charge in [0.05, 0.1) is 16.6 Å². The molecule has 1 N–H and O–H groups in total. The van der Waals surface area contributed by atoms with Crippen LogP contribution in [0, 0.1) is 0 Å². The van der Waals surface area contributed by atoms with Crippen molar-refractivity contribution in [1.29, 1.82) is 0 Å². The minimum atomic E-state index is -3.25. The summed E-state index contributed by atoms with van der Waals surface area (Å²) in [5.41, 5.74) is 2.63. The molecule has 1 atom stereocenters. The number of aromatic nitrogens is 2. The van der Waals surface area contributed by atoms with Gasteiger partial charge in [-0.1, -0.05) is 35.9 Å². The van der Waals surface area contributed by atoms with E-state index >= 15 is 0 Å². The molecule has 0 saturated carbocycles. The summed E-state index contributed by atoms with van der Waals surface area (Å²) >= 11 is 6.01. The molecule has 1 heterocycles. The summed E-state index contributed by atoms with van der Waals surface area (Å²) in [5, 5.41) is 7.57. The van der Waals surface area contributed by atoms with E-state index in [-0.39, 0.29) is 16.8 Å². The average molecular weight is 418 g/mol. The monoisotopic (exact) mass is 417 g/mol. The van der Waals surface area contributed by atoms with E-state index in [1.165, 1.54) is 0 Å². The van der Waals surface area contributed by atoms with E-state index in [4.69, 9.17) is 11.6 Å². The first kappa shape index (κ1) is 20.1. The van der Waals surface area contributed by atoms with E-state index in [0.717, 1.165) is 17.4 Å². The lowest BCUT2D eigenvalue weighted by Crippen LogP contribution is -2.30. The number of amides is 1. The molecule has 28 heavy (non-hydrogen) atoms. The first-order valence-corrected chi connectivity index (χ1v) is 10.8. The van der Waals surface area contributed by atoms with E-state index < -0.39 is 9.84 Å². The Bertz CT molecular complexity index is 1110. The zero-order chi connectivity index (χ0) is 20.5. The van der Waals surface area contributed by atoms with Crippen LogP contribution in [0.3, 0.4) is 0 Å². The molecular weight excluding hydrogens is 398 g/mol. The van der Waals surface area contributed by atoms with Gasteiger partial charge in [0.2, 0.25) is 0 Å². The maximum absolute atomic E-state index is 12.8. The summed E-state index contributed by atoms with van der Waals surface area (Å²) < 4.78 is 23.2. The van der Waals surface area contributed by atoms with Gasteiger partial charge in [-0.25, -0.2) is 8.42 Å². The predicted molar refractivity (Wildman–Crippen MR) is 109 cm³/mol. The lowest BCUT2D eigenvalue weighted by Gasteiger charge is -2.25. The molecule has 1 aromatic heterocycles. The lowest BCUT2D eigenvalue weighted by molar-refractivity contribution is 0.0736. The minimum Gasteiger partial charge on any atom is -0.334 e. The van der Waals surface area contributed by atoms with Crippen LogP contribution in [0.4, 0.5) is 0 Å². The smallest absolute Gasteiger partial charge is 0.272 e. The topological polar surface area (TPSA) is 83.1 Å². The third kappa shape index (κ3) is 4.26. The highest BCUT2D eigenvalue weighted by atomic mass is 35.5. The molecule has 6 nitrogen and oxygen atoms in total. The maximum atomic E-state index is 12.8. The SMILES string of the molecule is CC(c1ccc(S(C)(=O)=O)cc1)N(C)C(=O)c1cc(-c2cccc(Cl)c2)n[nH]1. The van der Waals surface area contributed by atoms with Crippen LogP contribution < -0.4 is 0 Å². The second-order valence-electron chi connectivity index (χ2n) is 6.61. The number of aromatic amines is 1. The van der Waals surface area contributed by atoms with Crippen LogP contribution in [0.2, 0.25) is 5.02 Å². The molecule has 8 heteroatoms. The van der Waals surface area contributed by atoms with E-state index in [9.17, 15) is 13.2 Å². The second-order valence-corrected chi connectivity index (χ2v) is 9.06. The van der Waals surface area contributed by atoms with Crippen LogP contribution in [0.15, 0.2) is 59.5 Å². The van der Waals surface area contributed by atoms with Crippen LogP contribution >= 0.6 is 11.6 Å². The fourth-order valence-corrected chi connectivity index (χ4v) is 3.63. The van der Waals surface area contributed by atoms with Gasteiger partial charge in [-0.3, -0.25) is 9.89 Å². The van der Waals surface area contributed by atoms with Crippen molar-refractivity contribution in [3.63, 3.8) is 0 Å². The van der Waals surface area contributed by atoms with E-state index in [2.05, 4.69) is 10.2 Å². The minimum absolute atomic E-state index is 0.222. The summed E-state index contributed by atoms with van der Waals surface area (Å²) in [5.74, 6) is -0.222. The molecule has 146 valence electrons. The van der Waals surface area contributed by atoms with Crippen LogP contribution in [-0.4, -0.2) is 42.7 Å². The van der Waals surface area contributed by atoms with Gasteiger partial charge in [0, 0.05) is 23.9 Å². The Morgan fingerprint density at radius 1 is 1.14 bits per heavy atom. The highest BCUT2D eigenvalue weighted by Crippen LogP contribution is 2.25. The first-order valence-electron chi connectivity index (χ1n) is 8.55. The van der Waals surface area contributed by atoms with Gasteiger partial charge < -0.3 is 4.90 Å². The standard InChI is InChI=1S/C20H20ClN3O3S/c1-13(14-7-9-17(10-8-14)28(3,26)27)24(2)20(25)19-12-18(22-23-19)15-5-4-6-16(21)11-15/h4-13H,1-3H3,(H,22,23). The maximum Gasteiger partial charge on any atom is 0.272 e. The first-order chi connectivity index (χ1) is 13.2. The van der Waals surface area contributed by atoms with Crippen molar-refractivity contribution >= 4 is 27.3 Å². The molecular formula is C20H20ClN3O3S. The molecule has 2 aromatic carbocycles. The van der Waals surface area contributed by atoms with Gasteiger partial charge >= 0.3 is 0 Å². The van der Waals surface area contributed by atoms with Gasteiger partial charge in [0.1, 0.15) is 5.69 Å². The molecule has 0 fully saturated rings. The van der Waals surface area contributed by atoms with E-state index in [0.29, 0.717) is 16.4 Å². The molecule has 0 aliphatic heterocycles. The number of nitrogens with one attached hydrogen (secondary N) is 1. The molecule has 0 aliphatic carbocycles. The molecule has 1 unspecified atom stereocenters.